The fraction of sp³-hybridized carbons (Fsp3) is 0.471. The lowest BCUT2D eigenvalue weighted by molar-refractivity contribution is -0.129. The molecule has 0 N–H and O–H groups in total. The Kier molecular flexibility index (Phi) is 4.60. The summed E-state index contributed by atoms with van der Waals surface area (Å²) in [6.07, 6.45) is 2.02. The summed E-state index contributed by atoms with van der Waals surface area (Å²) >= 11 is 0. The van der Waals surface area contributed by atoms with Crippen LogP contribution < -0.4 is 4.74 Å². The van der Waals surface area contributed by atoms with E-state index in [9.17, 15) is 4.79 Å². The summed E-state index contributed by atoms with van der Waals surface area (Å²) in [7, 11) is 1.65. The Hall–Kier alpha value is -2.37. The number of hydrogen-bond acceptors (Lipinski definition) is 5. The van der Waals surface area contributed by atoms with Crippen molar-refractivity contribution in [2.24, 2.45) is 0 Å². The Balaban J connectivity index is 1.65. The van der Waals surface area contributed by atoms with Crippen molar-refractivity contribution in [2.45, 2.75) is 32.1 Å². The molecule has 1 fully saturated rings. The summed E-state index contributed by atoms with van der Waals surface area (Å²) < 4.78 is 10.6. The molecular weight excluding hydrogens is 294 g/mol. The lowest BCUT2D eigenvalue weighted by Gasteiger charge is -2.13. The highest BCUT2D eigenvalue weighted by Crippen LogP contribution is 2.26. The number of ether oxygens (including phenoxy) is 1. The number of aromatic nitrogens is 2. The Morgan fingerprint density at radius 2 is 2.35 bits per heavy atom. The summed E-state index contributed by atoms with van der Waals surface area (Å²) in [5.74, 6) is 2.44. The number of hydrogen-bond donors (Lipinski definition) is 0. The number of likely N-dealkylation sites (tertiary alicyclic amines) is 1. The third-order valence-electron chi connectivity index (χ3n) is 4.17. The van der Waals surface area contributed by atoms with E-state index >= 15 is 0 Å². The quantitative estimate of drug-likeness (QED) is 0.847. The van der Waals surface area contributed by atoms with Crippen LogP contribution in [0.25, 0.3) is 0 Å². The van der Waals surface area contributed by atoms with Crippen molar-refractivity contribution in [1.82, 2.24) is 15.0 Å². The third-order valence-corrected chi connectivity index (χ3v) is 4.17. The van der Waals surface area contributed by atoms with Crippen molar-refractivity contribution in [3.8, 4) is 5.75 Å². The molecule has 2 heterocycles. The van der Waals surface area contributed by atoms with Gasteiger partial charge in [0.2, 0.25) is 11.8 Å². The van der Waals surface area contributed by atoms with Crippen LogP contribution in [0.5, 0.6) is 5.75 Å². The fourth-order valence-corrected chi connectivity index (χ4v) is 2.88. The molecule has 0 unspecified atom stereocenters. The number of rotatable bonds is 5. The van der Waals surface area contributed by atoms with E-state index in [0.717, 1.165) is 24.3 Å². The molecule has 1 saturated heterocycles. The Bertz CT molecular complexity index is 683. The highest BCUT2D eigenvalue weighted by atomic mass is 16.5. The lowest BCUT2D eigenvalue weighted by Crippen LogP contribution is -2.27. The van der Waals surface area contributed by atoms with Crippen molar-refractivity contribution in [2.75, 3.05) is 20.2 Å². The second-order valence-electron chi connectivity index (χ2n) is 5.76. The van der Waals surface area contributed by atoms with Crippen molar-refractivity contribution < 1.29 is 14.1 Å². The van der Waals surface area contributed by atoms with Gasteiger partial charge in [0.25, 0.3) is 0 Å². The first-order valence-corrected chi connectivity index (χ1v) is 7.92. The van der Waals surface area contributed by atoms with Gasteiger partial charge in [0, 0.05) is 25.9 Å². The zero-order valence-electron chi connectivity index (χ0n) is 13.5. The van der Waals surface area contributed by atoms with Crippen LogP contribution in [-0.2, 0) is 11.2 Å². The van der Waals surface area contributed by atoms with E-state index in [1.54, 1.807) is 7.11 Å². The molecular formula is C17H21N3O3. The number of benzene rings is 1. The van der Waals surface area contributed by atoms with Gasteiger partial charge in [0.05, 0.1) is 13.0 Å². The molecule has 1 aliphatic rings. The minimum atomic E-state index is 0.150. The van der Waals surface area contributed by atoms with Gasteiger partial charge in [-0.25, -0.2) is 0 Å². The number of amides is 1. The predicted molar refractivity (Wildman–Crippen MR) is 84.3 cm³/mol. The van der Waals surface area contributed by atoms with Crippen molar-refractivity contribution >= 4 is 5.91 Å². The van der Waals surface area contributed by atoms with Gasteiger partial charge in [-0.3, -0.25) is 4.79 Å². The van der Waals surface area contributed by atoms with Crippen LogP contribution in [0.4, 0.5) is 0 Å². The number of carbonyl (C=O) groups is 1. The average Bonchev–Trinajstić information content (AvgIpc) is 3.23. The normalized spacial score (nSPS) is 17.5. The first-order chi connectivity index (χ1) is 11.2. The van der Waals surface area contributed by atoms with E-state index in [1.165, 1.54) is 0 Å². The van der Waals surface area contributed by atoms with E-state index in [4.69, 9.17) is 9.26 Å². The van der Waals surface area contributed by atoms with E-state index in [2.05, 4.69) is 10.1 Å². The smallest absolute Gasteiger partial charge is 0.231 e. The van der Waals surface area contributed by atoms with Gasteiger partial charge >= 0.3 is 0 Å². The van der Waals surface area contributed by atoms with Gasteiger partial charge < -0.3 is 14.2 Å². The molecule has 0 aliphatic carbocycles. The summed E-state index contributed by atoms with van der Waals surface area (Å²) in [4.78, 5) is 18.1. The zero-order chi connectivity index (χ0) is 16.2. The Labute approximate surface area is 135 Å². The number of methoxy groups -OCH3 is 1. The largest absolute Gasteiger partial charge is 0.497 e. The lowest BCUT2D eigenvalue weighted by atomic mass is 10.1. The standard InChI is InChI=1S/C17H21N3O3/c1-3-16(21)20-8-7-13(11-20)17-18-15(19-23-17)10-12-5-4-6-14(9-12)22-2/h4-6,9,13H,3,7-8,10-11H2,1-2H3/t13-/m1/s1. The van der Waals surface area contributed by atoms with E-state index in [-0.39, 0.29) is 11.8 Å². The zero-order valence-corrected chi connectivity index (χ0v) is 13.5. The predicted octanol–water partition coefficient (Wildman–Crippen LogP) is 2.39. The molecule has 1 aromatic heterocycles. The maximum Gasteiger partial charge on any atom is 0.231 e. The van der Waals surface area contributed by atoms with E-state index < -0.39 is 0 Å². The highest BCUT2D eigenvalue weighted by Gasteiger charge is 2.30. The van der Waals surface area contributed by atoms with Gasteiger partial charge in [-0.1, -0.05) is 24.2 Å². The first kappa shape index (κ1) is 15.5. The van der Waals surface area contributed by atoms with Crippen molar-refractivity contribution in [3.63, 3.8) is 0 Å². The van der Waals surface area contributed by atoms with Crippen LogP contribution in [-0.4, -0.2) is 41.1 Å². The average molecular weight is 315 g/mol. The summed E-state index contributed by atoms with van der Waals surface area (Å²) in [5.41, 5.74) is 1.07. The molecule has 0 saturated carbocycles. The van der Waals surface area contributed by atoms with Gasteiger partial charge in [0.15, 0.2) is 5.82 Å². The van der Waals surface area contributed by atoms with Crippen molar-refractivity contribution in [1.29, 1.82) is 0 Å². The topological polar surface area (TPSA) is 68.5 Å². The minimum absolute atomic E-state index is 0.150. The molecule has 0 bridgehead atoms. The number of nitrogens with zero attached hydrogens (tertiary/aromatic N) is 3. The molecule has 1 atom stereocenters. The van der Waals surface area contributed by atoms with Crippen LogP contribution in [0.2, 0.25) is 0 Å². The molecule has 6 nitrogen and oxygen atoms in total. The second kappa shape index (κ2) is 6.81. The monoisotopic (exact) mass is 315 g/mol. The van der Waals surface area contributed by atoms with Crippen LogP contribution in [0.1, 0.15) is 43.0 Å². The van der Waals surface area contributed by atoms with E-state index in [1.807, 2.05) is 36.1 Å². The summed E-state index contributed by atoms with van der Waals surface area (Å²) in [6.45, 7) is 3.33. The van der Waals surface area contributed by atoms with Crippen LogP contribution >= 0.6 is 0 Å². The minimum Gasteiger partial charge on any atom is -0.497 e. The van der Waals surface area contributed by atoms with Crippen LogP contribution in [0, 0.1) is 0 Å². The van der Waals surface area contributed by atoms with Gasteiger partial charge in [-0.15, -0.1) is 0 Å². The summed E-state index contributed by atoms with van der Waals surface area (Å²) in [6, 6.07) is 7.83. The van der Waals surface area contributed by atoms with E-state index in [0.29, 0.717) is 31.1 Å². The maximum absolute atomic E-state index is 11.7. The fourth-order valence-electron chi connectivity index (χ4n) is 2.88. The molecule has 1 aromatic carbocycles. The Morgan fingerprint density at radius 1 is 1.48 bits per heavy atom. The third kappa shape index (κ3) is 3.52. The molecule has 0 spiro atoms. The molecule has 6 heteroatoms. The summed E-state index contributed by atoms with van der Waals surface area (Å²) in [5, 5.41) is 4.07. The molecule has 1 amide bonds. The van der Waals surface area contributed by atoms with Gasteiger partial charge in [0.1, 0.15) is 5.75 Å². The Morgan fingerprint density at radius 3 is 3.13 bits per heavy atom. The second-order valence-corrected chi connectivity index (χ2v) is 5.76. The molecule has 0 radical (unpaired) electrons. The number of carbonyl (C=O) groups excluding carboxylic acids is 1. The molecule has 122 valence electrons. The van der Waals surface area contributed by atoms with Gasteiger partial charge in [-0.2, -0.15) is 4.98 Å². The molecule has 23 heavy (non-hydrogen) atoms. The first-order valence-electron chi connectivity index (χ1n) is 7.92. The maximum atomic E-state index is 11.7. The van der Waals surface area contributed by atoms with Crippen molar-refractivity contribution in [3.05, 3.63) is 41.5 Å². The van der Waals surface area contributed by atoms with Gasteiger partial charge in [-0.05, 0) is 24.1 Å². The molecule has 3 rings (SSSR count). The van der Waals surface area contributed by atoms with Crippen LogP contribution in [0.3, 0.4) is 0 Å². The highest BCUT2D eigenvalue weighted by molar-refractivity contribution is 5.76. The molecule has 1 aliphatic heterocycles. The van der Waals surface area contributed by atoms with Crippen LogP contribution in [0.15, 0.2) is 28.8 Å². The SMILES string of the molecule is CCC(=O)N1CC[C@@H](c2nc(Cc3cccc(OC)c3)no2)C1. The molecule has 2 aromatic rings.